The van der Waals surface area contributed by atoms with E-state index in [1.807, 2.05) is 6.07 Å². The molecule has 28 heavy (non-hydrogen) atoms. The molecular weight excluding hydrogens is 378 g/mol. The van der Waals surface area contributed by atoms with Gasteiger partial charge in [-0.1, -0.05) is 23.7 Å². The molecule has 2 aromatic carbocycles. The summed E-state index contributed by atoms with van der Waals surface area (Å²) in [5.74, 6) is -0.738. The number of pyridine rings is 1. The van der Waals surface area contributed by atoms with Crippen LogP contribution in [0.25, 0.3) is 0 Å². The smallest absolute Gasteiger partial charge is 0.340 e. The van der Waals surface area contributed by atoms with Gasteiger partial charge in [-0.25, -0.2) is 9.78 Å². The van der Waals surface area contributed by atoms with Crippen molar-refractivity contribution < 1.29 is 14.3 Å². The minimum Gasteiger partial charge on any atom is -0.462 e. The number of nitrogens with zero attached hydrogens (tertiary/aromatic N) is 1. The Kier molecular flexibility index (Phi) is 6.24. The number of hydrogen-bond acceptors (Lipinski definition) is 5. The summed E-state index contributed by atoms with van der Waals surface area (Å²) in [6.45, 7) is 2.05. The zero-order valence-electron chi connectivity index (χ0n) is 15.1. The average molecular weight is 396 g/mol. The SMILES string of the molecule is CCOC(=O)c1ccccc1Nc1ccc(C(=O)Nc2ccc(Cl)cc2)nc1. The molecule has 3 rings (SSSR count). The second-order valence-corrected chi connectivity index (χ2v) is 6.22. The summed E-state index contributed by atoms with van der Waals surface area (Å²) < 4.78 is 5.07. The quantitative estimate of drug-likeness (QED) is 0.580. The summed E-state index contributed by atoms with van der Waals surface area (Å²) in [5.41, 5.74) is 2.55. The molecule has 7 heteroatoms. The first-order chi connectivity index (χ1) is 13.6. The van der Waals surface area contributed by atoms with Crippen LogP contribution in [-0.2, 0) is 4.74 Å². The zero-order valence-corrected chi connectivity index (χ0v) is 15.9. The molecule has 1 aromatic heterocycles. The molecule has 0 spiro atoms. The predicted molar refractivity (Wildman–Crippen MR) is 109 cm³/mol. The van der Waals surface area contributed by atoms with Crippen molar-refractivity contribution in [3.63, 3.8) is 0 Å². The fourth-order valence-electron chi connectivity index (χ4n) is 2.46. The second kappa shape index (κ2) is 9.01. The highest BCUT2D eigenvalue weighted by molar-refractivity contribution is 6.30. The molecule has 142 valence electrons. The maximum absolute atomic E-state index is 12.3. The Morgan fingerprint density at radius 1 is 1.00 bits per heavy atom. The van der Waals surface area contributed by atoms with Gasteiger partial charge in [-0.3, -0.25) is 4.79 Å². The van der Waals surface area contributed by atoms with Crippen LogP contribution in [0, 0.1) is 0 Å². The van der Waals surface area contributed by atoms with Crippen LogP contribution in [-0.4, -0.2) is 23.5 Å². The summed E-state index contributed by atoms with van der Waals surface area (Å²) in [5, 5.41) is 6.47. The van der Waals surface area contributed by atoms with Gasteiger partial charge in [-0.2, -0.15) is 0 Å². The number of para-hydroxylation sites is 1. The van der Waals surface area contributed by atoms with E-state index in [1.54, 1.807) is 61.5 Å². The van der Waals surface area contributed by atoms with Crippen molar-refractivity contribution in [3.8, 4) is 0 Å². The number of benzene rings is 2. The highest BCUT2D eigenvalue weighted by Crippen LogP contribution is 2.21. The van der Waals surface area contributed by atoms with Crippen LogP contribution < -0.4 is 10.6 Å². The van der Waals surface area contributed by atoms with Gasteiger partial charge in [0.1, 0.15) is 5.69 Å². The highest BCUT2D eigenvalue weighted by Gasteiger charge is 2.13. The van der Waals surface area contributed by atoms with Gasteiger partial charge in [0.25, 0.3) is 5.91 Å². The molecule has 0 atom stereocenters. The topological polar surface area (TPSA) is 80.3 Å². The molecule has 6 nitrogen and oxygen atoms in total. The summed E-state index contributed by atoms with van der Waals surface area (Å²) in [4.78, 5) is 28.5. The van der Waals surface area contributed by atoms with Crippen LogP contribution >= 0.6 is 11.6 Å². The first kappa shape index (κ1) is 19.4. The van der Waals surface area contributed by atoms with E-state index in [-0.39, 0.29) is 11.6 Å². The van der Waals surface area contributed by atoms with Gasteiger partial charge >= 0.3 is 5.97 Å². The standard InChI is InChI=1S/C21H18ClN3O3/c1-2-28-21(27)17-5-3-4-6-18(17)24-16-11-12-19(23-13-16)20(26)25-15-9-7-14(22)8-10-15/h3-13,24H,2H2,1H3,(H,25,26). The Bertz CT molecular complexity index is 973. The lowest BCUT2D eigenvalue weighted by Gasteiger charge is -2.11. The number of carbonyl (C=O) groups excluding carboxylic acids is 2. The Balaban J connectivity index is 1.70. The van der Waals surface area contributed by atoms with Crippen molar-refractivity contribution in [2.45, 2.75) is 6.92 Å². The van der Waals surface area contributed by atoms with Crippen molar-refractivity contribution in [2.75, 3.05) is 17.2 Å². The predicted octanol–water partition coefficient (Wildman–Crippen LogP) is 4.91. The lowest BCUT2D eigenvalue weighted by Crippen LogP contribution is -2.13. The number of rotatable bonds is 6. The van der Waals surface area contributed by atoms with Crippen LogP contribution in [0.2, 0.25) is 5.02 Å². The van der Waals surface area contributed by atoms with Crippen LogP contribution in [0.1, 0.15) is 27.8 Å². The van der Waals surface area contributed by atoms with Gasteiger partial charge in [-0.05, 0) is 55.5 Å². The van der Waals surface area contributed by atoms with Gasteiger partial charge in [0.15, 0.2) is 0 Å². The van der Waals surface area contributed by atoms with Crippen LogP contribution in [0.3, 0.4) is 0 Å². The molecular formula is C21H18ClN3O3. The lowest BCUT2D eigenvalue weighted by molar-refractivity contribution is 0.0527. The van der Waals surface area contributed by atoms with E-state index in [1.165, 1.54) is 6.20 Å². The van der Waals surface area contributed by atoms with Gasteiger partial charge in [-0.15, -0.1) is 0 Å². The molecule has 0 aliphatic heterocycles. The Morgan fingerprint density at radius 3 is 2.39 bits per heavy atom. The van der Waals surface area contributed by atoms with Crippen molar-refractivity contribution >= 4 is 40.5 Å². The van der Waals surface area contributed by atoms with E-state index in [0.29, 0.717) is 34.3 Å². The van der Waals surface area contributed by atoms with Crippen molar-refractivity contribution in [1.29, 1.82) is 0 Å². The molecule has 1 heterocycles. The monoisotopic (exact) mass is 395 g/mol. The number of carbonyl (C=O) groups is 2. The first-order valence-electron chi connectivity index (χ1n) is 8.63. The number of aromatic nitrogens is 1. The molecule has 2 N–H and O–H groups in total. The number of amides is 1. The molecule has 0 unspecified atom stereocenters. The fraction of sp³-hybridized carbons (Fsp3) is 0.0952. The normalized spacial score (nSPS) is 10.2. The third kappa shape index (κ3) is 4.86. The van der Waals surface area contributed by atoms with Crippen LogP contribution in [0.5, 0.6) is 0 Å². The van der Waals surface area contributed by atoms with Crippen molar-refractivity contribution in [3.05, 3.63) is 83.1 Å². The minimum absolute atomic E-state index is 0.263. The highest BCUT2D eigenvalue weighted by atomic mass is 35.5. The van der Waals surface area contributed by atoms with Crippen LogP contribution in [0.15, 0.2) is 66.9 Å². The summed E-state index contributed by atoms with van der Waals surface area (Å²) >= 11 is 5.84. The van der Waals surface area contributed by atoms with E-state index in [0.717, 1.165) is 0 Å². The lowest BCUT2D eigenvalue weighted by atomic mass is 10.1. The van der Waals surface area contributed by atoms with Gasteiger partial charge in [0, 0.05) is 10.7 Å². The number of anilines is 3. The third-order valence-corrected chi connectivity index (χ3v) is 4.05. The number of esters is 1. The minimum atomic E-state index is -0.405. The number of halogens is 1. The third-order valence-electron chi connectivity index (χ3n) is 3.80. The Morgan fingerprint density at radius 2 is 1.71 bits per heavy atom. The van der Waals surface area contributed by atoms with Crippen LogP contribution in [0.4, 0.5) is 17.1 Å². The van der Waals surface area contributed by atoms with E-state index >= 15 is 0 Å². The van der Waals surface area contributed by atoms with E-state index < -0.39 is 5.97 Å². The number of ether oxygens (including phenoxy) is 1. The molecule has 0 aliphatic rings. The van der Waals surface area contributed by atoms with E-state index in [4.69, 9.17) is 16.3 Å². The van der Waals surface area contributed by atoms with Gasteiger partial charge in [0.05, 0.1) is 29.7 Å². The summed E-state index contributed by atoms with van der Waals surface area (Å²) in [7, 11) is 0. The number of nitrogens with one attached hydrogen (secondary N) is 2. The Hall–Kier alpha value is -3.38. The Labute approximate surface area is 167 Å². The molecule has 0 saturated carbocycles. The summed E-state index contributed by atoms with van der Waals surface area (Å²) in [6.07, 6.45) is 1.53. The molecule has 1 amide bonds. The van der Waals surface area contributed by atoms with E-state index in [9.17, 15) is 9.59 Å². The molecule has 0 aliphatic carbocycles. The largest absolute Gasteiger partial charge is 0.462 e. The molecule has 3 aromatic rings. The molecule has 0 radical (unpaired) electrons. The summed E-state index contributed by atoms with van der Waals surface area (Å²) in [6, 6.07) is 17.1. The van der Waals surface area contributed by atoms with Crippen molar-refractivity contribution in [1.82, 2.24) is 4.98 Å². The molecule has 0 saturated heterocycles. The van der Waals surface area contributed by atoms with Gasteiger partial charge in [0.2, 0.25) is 0 Å². The zero-order chi connectivity index (χ0) is 19.9. The van der Waals surface area contributed by atoms with Gasteiger partial charge < -0.3 is 15.4 Å². The maximum atomic E-state index is 12.3. The number of hydrogen-bond donors (Lipinski definition) is 2. The molecule has 0 fully saturated rings. The van der Waals surface area contributed by atoms with Crippen molar-refractivity contribution in [2.24, 2.45) is 0 Å². The fourth-order valence-corrected chi connectivity index (χ4v) is 2.59. The first-order valence-corrected chi connectivity index (χ1v) is 9.00. The second-order valence-electron chi connectivity index (χ2n) is 5.78. The molecule has 0 bridgehead atoms. The average Bonchev–Trinajstić information content (AvgIpc) is 2.71. The maximum Gasteiger partial charge on any atom is 0.340 e. The van der Waals surface area contributed by atoms with E-state index in [2.05, 4.69) is 15.6 Å².